The number of aliphatic carboxylic acids is 1. The van der Waals surface area contributed by atoms with Crippen LogP contribution in [-0.2, 0) is 11.3 Å². The van der Waals surface area contributed by atoms with Crippen molar-refractivity contribution in [2.75, 3.05) is 0 Å². The van der Waals surface area contributed by atoms with Crippen LogP contribution in [0.3, 0.4) is 0 Å². The second-order valence-corrected chi connectivity index (χ2v) is 6.26. The van der Waals surface area contributed by atoms with Crippen molar-refractivity contribution in [2.45, 2.75) is 18.8 Å². The maximum Gasteiger partial charge on any atom is 1.00 e. The minimum absolute atomic E-state index is 0. The Kier molecular flexibility index (Phi) is 6.83. The molecule has 0 bridgehead atoms. The molecule has 0 spiro atoms. The molecule has 2 aromatic rings. The van der Waals surface area contributed by atoms with E-state index < -0.39 is 29.6 Å². The van der Waals surface area contributed by atoms with Crippen molar-refractivity contribution in [2.24, 2.45) is 5.73 Å². The summed E-state index contributed by atoms with van der Waals surface area (Å²) in [6.45, 7) is -0.0445. The molecule has 1 aliphatic rings. The first-order valence-corrected chi connectivity index (χ1v) is 8.00. The van der Waals surface area contributed by atoms with E-state index in [1.54, 1.807) is 0 Å². The van der Waals surface area contributed by atoms with Gasteiger partial charge in [0.25, 0.3) is 0 Å². The van der Waals surface area contributed by atoms with Gasteiger partial charge in [0, 0.05) is 28.3 Å². The molecule has 0 saturated carbocycles. The van der Waals surface area contributed by atoms with Crippen molar-refractivity contribution in [3.63, 3.8) is 0 Å². The zero-order chi connectivity index (χ0) is 19.9. The summed E-state index contributed by atoms with van der Waals surface area (Å²) in [5.74, 6) is -2.62. The van der Waals surface area contributed by atoms with Gasteiger partial charge in [0.15, 0.2) is 0 Å². The number of nitrogens with two attached hydrogens (primary N) is 1. The minimum Gasteiger partial charge on any atom is -1.00 e. The van der Waals surface area contributed by atoms with Gasteiger partial charge in [-0.05, 0) is 29.8 Å². The first-order valence-electron chi connectivity index (χ1n) is 7.62. The van der Waals surface area contributed by atoms with E-state index in [-0.39, 0.29) is 70.6 Å². The Morgan fingerprint density at radius 2 is 1.96 bits per heavy atom. The van der Waals surface area contributed by atoms with Gasteiger partial charge >= 0.3 is 41.7 Å². The van der Waals surface area contributed by atoms with E-state index in [1.165, 1.54) is 24.3 Å². The molecule has 1 atom stereocenters. The number of fused-ring (bicyclic) bond motifs is 1. The number of hydrogen-bond donors (Lipinski definition) is 2. The first kappa shape index (κ1) is 22.7. The third-order valence-electron chi connectivity index (χ3n) is 4.04. The molecule has 0 radical (unpaired) electrons. The Morgan fingerprint density at radius 3 is 2.50 bits per heavy atom. The number of rotatable bonds is 3. The van der Waals surface area contributed by atoms with Gasteiger partial charge in [0.1, 0.15) is 11.6 Å². The molecule has 3 N–H and O–H groups in total. The third kappa shape index (κ3) is 4.36. The smallest absolute Gasteiger partial charge is 1.00 e. The van der Waals surface area contributed by atoms with E-state index in [0.29, 0.717) is 0 Å². The number of alkyl halides is 3. The number of hydrogen-bond acceptors (Lipinski definition) is 3. The predicted molar refractivity (Wildman–Crippen MR) is 91.9 cm³/mol. The molecule has 1 aliphatic heterocycles. The number of benzene rings is 2. The second-order valence-electron chi connectivity index (χ2n) is 5.83. The summed E-state index contributed by atoms with van der Waals surface area (Å²) in [5.41, 5.74) is 5.06. The Morgan fingerprint density at radius 1 is 1.29 bits per heavy atom. The zero-order valence-corrected chi connectivity index (χ0v) is 17.2. The molecule has 0 saturated heterocycles. The standard InChI is InChI=1S/C18H12ClF4NO3.Na.H/c19-11-3-10-4-13(17(25)26)16(18(21,22)23)27-15(10)12(6-11)8-1-2-9(7-24)14(20)5-8;;/h1-6,16H,7,24H2,(H,25,26);;/q;+1;-1/t16-;;/m0../s1. The van der Waals surface area contributed by atoms with E-state index in [2.05, 4.69) is 0 Å². The molecule has 3 rings (SSSR count). The van der Waals surface area contributed by atoms with Gasteiger partial charge in [0.05, 0.1) is 5.57 Å². The van der Waals surface area contributed by atoms with Crippen LogP contribution in [0.15, 0.2) is 35.9 Å². The maximum atomic E-state index is 14.1. The molecule has 10 heteroatoms. The van der Waals surface area contributed by atoms with E-state index in [0.717, 1.165) is 12.1 Å². The number of carboxylic acid groups (broad SMARTS) is 1. The van der Waals surface area contributed by atoms with Gasteiger partial charge in [-0.1, -0.05) is 23.7 Å². The second kappa shape index (κ2) is 8.42. The fourth-order valence-corrected chi connectivity index (χ4v) is 3.02. The quantitative estimate of drug-likeness (QED) is 0.578. The van der Waals surface area contributed by atoms with E-state index in [4.69, 9.17) is 27.2 Å². The van der Waals surface area contributed by atoms with E-state index >= 15 is 0 Å². The van der Waals surface area contributed by atoms with Gasteiger partial charge in [-0.3, -0.25) is 0 Å². The number of carbonyl (C=O) groups is 1. The topological polar surface area (TPSA) is 72.5 Å². The summed E-state index contributed by atoms with van der Waals surface area (Å²) < 4.78 is 59.0. The monoisotopic (exact) mass is 425 g/mol. The molecular formula is C18H13ClF4NNaO3. The van der Waals surface area contributed by atoms with Gasteiger partial charge in [-0.15, -0.1) is 0 Å². The summed E-state index contributed by atoms with van der Waals surface area (Å²) in [6, 6.07) is 6.58. The molecule has 2 aromatic carbocycles. The fraction of sp³-hybridized carbons (Fsp3) is 0.167. The average Bonchev–Trinajstić information content (AvgIpc) is 2.58. The molecule has 144 valence electrons. The molecule has 0 fully saturated rings. The molecule has 0 aromatic heterocycles. The fourth-order valence-electron chi connectivity index (χ4n) is 2.79. The van der Waals surface area contributed by atoms with Crippen LogP contribution in [0.1, 0.15) is 12.6 Å². The SMILES string of the molecule is NCc1ccc(-c2cc(Cl)cc3c2O[C@H](C(F)(F)F)C(C(=O)O)=C3)cc1F.[H-].[Na+]. The van der Waals surface area contributed by atoms with Crippen LogP contribution in [-0.4, -0.2) is 23.4 Å². The van der Waals surface area contributed by atoms with Crippen LogP contribution >= 0.6 is 11.6 Å². The van der Waals surface area contributed by atoms with Crippen LogP contribution in [0.2, 0.25) is 5.02 Å². The Balaban J connectivity index is 0.00000210. The Bertz CT molecular complexity index is 969. The van der Waals surface area contributed by atoms with Crippen LogP contribution in [0.4, 0.5) is 17.6 Å². The average molecular weight is 426 g/mol. The van der Waals surface area contributed by atoms with Gasteiger partial charge in [-0.25, -0.2) is 9.18 Å². The van der Waals surface area contributed by atoms with Gasteiger partial charge in [-0.2, -0.15) is 13.2 Å². The van der Waals surface area contributed by atoms with E-state index in [9.17, 15) is 22.4 Å². The molecule has 0 aliphatic carbocycles. The van der Waals surface area contributed by atoms with Gasteiger partial charge < -0.3 is 17.0 Å². The van der Waals surface area contributed by atoms with Crippen LogP contribution in [0.5, 0.6) is 5.75 Å². The number of carboxylic acids is 1. The zero-order valence-electron chi connectivity index (χ0n) is 15.5. The largest absolute Gasteiger partial charge is 1.00 e. The van der Waals surface area contributed by atoms with Crippen molar-refractivity contribution in [1.29, 1.82) is 0 Å². The van der Waals surface area contributed by atoms with Crippen molar-refractivity contribution in [3.05, 3.63) is 57.9 Å². The summed E-state index contributed by atoms with van der Waals surface area (Å²) in [4.78, 5) is 11.2. The summed E-state index contributed by atoms with van der Waals surface area (Å²) in [7, 11) is 0. The molecule has 1 heterocycles. The predicted octanol–water partition coefficient (Wildman–Crippen LogP) is 1.51. The van der Waals surface area contributed by atoms with Crippen LogP contribution < -0.4 is 40.0 Å². The number of halogens is 5. The number of ether oxygens (including phenoxy) is 1. The normalized spacial score (nSPS) is 15.8. The van der Waals surface area contributed by atoms with Crippen molar-refractivity contribution in [1.82, 2.24) is 0 Å². The van der Waals surface area contributed by atoms with Crippen molar-refractivity contribution in [3.8, 4) is 16.9 Å². The molecule has 4 nitrogen and oxygen atoms in total. The van der Waals surface area contributed by atoms with Crippen molar-refractivity contribution >= 4 is 23.6 Å². The third-order valence-corrected chi connectivity index (χ3v) is 4.26. The van der Waals surface area contributed by atoms with E-state index in [1.807, 2.05) is 0 Å². The minimum atomic E-state index is -4.95. The molecular weight excluding hydrogens is 413 g/mol. The van der Waals surface area contributed by atoms with Crippen molar-refractivity contribution < 1.29 is 63.2 Å². The molecule has 0 amide bonds. The first-order chi connectivity index (χ1) is 12.6. The molecule has 0 unspecified atom stereocenters. The summed E-state index contributed by atoms with van der Waals surface area (Å²) >= 11 is 6.02. The Labute approximate surface area is 185 Å². The van der Waals surface area contributed by atoms with Crippen LogP contribution in [0, 0.1) is 5.82 Å². The Hall–Kier alpha value is -1.58. The maximum absolute atomic E-state index is 14.1. The summed E-state index contributed by atoms with van der Waals surface area (Å²) in [6.07, 6.45) is -6.75. The van der Waals surface area contributed by atoms with Crippen LogP contribution in [0.25, 0.3) is 17.2 Å². The molecule has 28 heavy (non-hydrogen) atoms. The summed E-state index contributed by atoms with van der Waals surface area (Å²) in [5, 5.41) is 9.23. The van der Waals surface area contributed by atoms with Gasteiger partial charge in [0.2, 0.25) is 6.10 Å².